The highest BCUT2D eigenvalue weighted by Gasteiger charge is 2.12. The molecule has 0 aliphatic heterocycles. The fourth-order valence-corrected chi connectivity index (χ4v) is 1.49. The maximum Gasteiger partial charge on any atom is 0.260 e. The van der Waals surface area contributed by atoms with Gasteiger partial charge in [-0.1, -0.05) is 6.07 Å². The average molecular weight is 246 g/mol. The molecule has 0 saturated heterocycles. The van der Waals surface area contributed by atoms with Crippen molar-refractivity contribution >= 4 is 11.7 Å². The fraction of sp³-hybridized carbons (Fsp3) is 0.0769. The fourth-order valence-electron chi connectivity index (χ4n) is 1.49. The molecule has 0 bridgehead atoms. The Kier molecular flexibility index (Phi) is 3.23. The topological polar surface area (TPSA) is 62.2 Å². The van der Waals surface area contributed by atoms with Gasteiger partial charge < -0.3 is 10.4 Å². The summed E-state index contributed by atoms with van der Waals surface area (Å²) in [6, 6.07) is 8.32. The van der Waals surface area contributed by atoms with Crippen molar-refractivity contribution in [3.63, 3.8) is 0 Å². The van der Waals surface area contributed by atoms with E-state index in [0.717, 1.165) is 23.9 Å². The van der Waals surface area contributed by atoms with E-state index in [1.54, 1.807) is 25.1 Å². The lowest BCUT2D eigenvalue weighted by molar-refractivity contribution is 0.102. The third-order valence-corrected chi connectivity index (χ3v) is 2.33. The Labute approximate surface area is 103 Å². The largest absolute Gasteiger partial charge is 0.507 e. The molecule has 0 aliphatic carbocycles. The molecule has 0 atom stereocenters. The maximum atomic E-state index is 13.0. The van der Waals surface area contributed by atoms with E-state index >= 15 is 0 Å². The minimum atomic E-state index is -0.606. The highest BCUT2D eigenvalue weighted by molar-refractivity contribution is 6.05. The first-order valence-corrected chi connectivity index (χ1v) is 5.30. The van der Waals surface area contributed by atoms with E-state index in [4.69, 9.17) is 0 Å². The molecule has 4 nitrogen and oxygen atoms in total. The highest BCUT2D eigenvalue weighted by atomic mass is 19.1. The number of benzene rings is 1. The number of hydrogen-bond acceptors (Lipinski definition) is 3. The summed E-state index contributed by atoms with van der Waals surface area (Å²) in [6.45, 7) is 1.79. The van der Waals surface area contributed by atoms with Crippen molar-refractivity contribution in [1.29, 1.82) is 0 Å². The van der Waals surface area contributed by atoms with Crippen LogP contribution >= 0.6 is 0 Å². The van der Waals surface area contributed by atoms with Crippen molar-refractivity contribution in [1.82, 2.24) is 4.98 Å². The molecule has 0 fully saturated rings. The van der Waals surface area contributed by atoms with Crippen molar-refractivity contribution in [3.05, 3.63) is 53.5 Å². The number of hydrogen-bond donors (Lipinski definition) is 2. The van der Waals surface area contributed by atoms with Crippen LogP contribution in [-0.2, 0) is 0 Å². The number of pyridine rings is 1. The number of carbonyl (C=O) groups is 1. The Hall–Kier alpha value is -2.43. The molecule has 1 amide bonds. The summed E-state index contributed by atoms with van der Waals surface area (Å²) >= 11 is 0. The van der Waals surface area contributed by atoms with Gasteiger partial charge in [0, 0.05) is 5.69 Å². The first-order chi connectivity index (χ1) is 8.56. The van der Waals surface area contributed by atoms with Gasteiger partial charge in [0.2, 0.25) is 0 Å². The van der Waals surface area contributed by atoms with Crippen molar-refractivity contribution in [3.8, 4) is 5.75 Å². The van der Waals surface area contributed by atoms with Gasteiger partial charge in [0.05, 0.1) is 5.56 Å². The summed E-state index contributed by atoms with van der Waals surface area (Å²) in [7, 11) is 0. The number of anilines is 1. The van der Waals surface area contributed by atoms with Crippen LogP contribution in [0.25, 0.3) is 0 Å². The Balaban J connectivity index is 2.24. The number of rotatable bonds is 2. The van der Waals surface area contributed by atoms with Gasteiger partial charge in [-0.25, -0.2) is 9.37 Å². The lowest BCUT2D eigenvalue weighted by Crippen LogP contribution is -2.13. The molecule has 0 radical (unpaired) electrons. The summed E-state index contributed by atoms with van der Waals surface area (Å²) in [4.78, 5) is 15.9. The molecule has 92 valence electrons. The number of aryl methyl sites for hydroxylation is 1. The number of halogens is 1. The van der Waals surface area contributed by atoms with E-state index in [-0.39, 0.29) is 11.3 Å². The van der Waals surface area contributed by atoms with Crippen molar-refractivity contribution in [2.24, 2.45) is 0 Å². The molecule has 1 heterocycles. The number of amides is 1. The number of aromatic hydroxyl groups is 1. The first-order valence-electron chi connectivity index (χ1n) is 5.30. The SMILES string of the molecule is Cc1cccc(NC(=O)c2cc(F)ccc2O)n1. The van der Waals surface area contributed by atoms with Crippen molar-refractivity contribution in [2.45, 2.75) is 6.92 Å². The van der Waals surface area contributed by atoms with Gasteiger partial charge in [-0.05, 0) is 37.3 Å². The number of nitrogens with one attached hydrogen (secondary N) is 1. The maximum absolute atomic E-state index is 13.0. The van der Waals surface area contributed by atoms with E-state index in [1.807, 2.05) is 0 Å². The number of carbonyl (C=O) groups excluding carboxylic acids is 1. The summed E-state index contributed by atoms with van der Waals surface area (Å²) in [5.41, 5.74) is 0.620. The minimum absolute atomic E-state index is 0.127. The van der Waals surface area contributed by atoms with Gasteiger partial charge >= 0.3 is 0 Å². The van der Waals surface area contributed by atoms with Crippen LogP contribution in [0.15, 0.2) is 36.4 Å². The zero-order chi connectivity index (χ0) is 13.1. The summed E-state index contributed by atoms with van der Waals surface area (Å²) < 4.78 is 13.0. The van der Waals surface area contributed by atoms with Gasteiger partial charge in [-0.15, -0.1) is 0 Å². The van der Waals surface area contributed by atoms with E-state index in [0.29, 0.717) is 5.82 Å². The lowest BCUT2D eigenvalue weighted by Gasteiger charge is -2.06. The number of phenols is 1. The molecule has 1 aromatic carbocycles. The number of phenolic OH excluding ortho intramolecular Hbond substituents is 1. The highest BCUT2D eigenvalue weighted by Crippen LogP contribution is 2.19. The third-order valence-electron chi connectivity index (χ3n) is 2.33. The standard InChI is InChI=1S/C13H11FN2O2/c1-8-3-2-4-12(15-8)16-13(18)10-7-9(14)5-6-11(10)17/h2-7,17H,1H3,(H,15,16,18). The number of aromatic nitrogens is 1. The Bertz CT molecular complexity index is 599. The van der Waals surface area contributed by atoms with Crippen molar-refractivity contribution < 1.29 is 14.3 Å². The molecule has 2 N–H and O–H groups in total. The molecule has 18 heavy (non-hydrogen) atoms. The molecule has 2 rings (SSSR count). The smallest absolute Gasteiger partial charge is 0.260 e. The van der Waals surface area contributed by atoms with Gasteiger partial charge in [0.15, 0.2) is 0 Å². The van der Waals surface area contributed by atoms with Crippen LogP contribution in [0.1, 0.15) is 16.1 Å². The van der Waals surface area contributed by atoms with E-state index < -0.39 is 11.7 Å². The molecule has 0 unspecified atom stereocenters. The lowest BCUT2D eigenvalue weighted by atomic mass is 10.2. The molecule has 5 heteroatoms. The minimum Gasteiger partial charge on any atom is -0.507 e. The zero-order valence-corrected chi connectivity index (χ0v) is 9.64. The second kappa shape index (κ2) is 4.83. The Morgan fingerprint density at radius 3 is 2.83 bits per heavy atom. The van der Waals surface area contributed by atoms with Crippen LogP contribution in [-0.4, -0.2) is 16.0 Å². The van der Waals surface area contributed by atoms with Crippen molar-refractivity contribution in [2.75, 3.05) is 5.32 Å². The van der Waals surface area contributed by atoms with Crippen LogP contribution in [0.4, 0.5) is 10.2 Å². The summed E-state index contributed by atoms with van der Waals surface area (Å²) in [5, 5.41) is 12.0. The van der Waals surface area contributed by atoms with Crippen LogP contribution in [0.2, 0.25) is 0 Å². The quantitative estimate of drug-likeness (QED) is 0.855. The molecule has 0 saturated carbocycles. The van der Waals surface area contributed by atoms with Crippen LogP contribution in [0.3, 0.4) is 0 Å². The molecular weight excluding hydrogens is 235 g/mol. The molecular formula is C13H11FN2O2. The second-order valence-electron chi connectivity index (χ2n) is 3.78. The summed E-state index contributed by atoms with van der Waals surface area (Å²) in [5.74, 6) is -1.12. The predicted molar refractivity (Wildman–Crippen MR) is 65.0 cm³/mol. The van der Waals surface area contributed by atoms with Crippen LogP contribution in [0.5, 0.6) is 5.75 Å². The Morgan fingerprint density at radius 1 is 1.33 bits per heavy atom. The summed E-state index contributed by atoms with van der Waals surface area (Å²) in [6.07, 6.45) is 0. The van der Waals surface area contributed by atoms with Crippen LogP contribution in [0, 0.1) is 12.7 Å². The average Bonchev–Trinajstić information content (AvgIpc) is 2.32. The monoisotopic (exact) mass is 246 g/mol. The van der Waals surface area contributed by atoms with E-state index in [1.165, 1.54) is 0 Å². The van der Waals surface area contributed by atoms with Gasteiger partial charge in [-0.2, -0.15) is 0 Å². The zero-order valence-electron chi connectivity index (χ0n) is 9.64. The molecule has 0 spiro atoms. The third kappa shape index (κ3) is 2.63. The number of nitrogens with zero attached hydrogens (tertiary/aromatic N) is 1. The molecule has 0 aliphatic rings. The molecule has 2 aromatic rings. The van der Waals surface area contributed by atoms with Gasteiger partial charge in [-0.3, -0.25) is 4.79 Å². The van der Waals surface area contributed by atoms with Gasteiger partial charge in [0.25, 0.3) is 5.91 Å². The predicted octanol–water partition coefficient (Wildman–Crippen LogP) is 2.49. The Morgan fingerprint density at radius 2 is 2.11 bits per heavy atom. The normalized spacial score (nSPS) is 10.1. The second-order valence-corrected chi connectivity index (χ2v) is 3.78. The molecule has 1 aromatic heterocycles. The first kappa shape index (κ1) is 12.0. The van der Waals surface area contributed by atoms with Crippen LogP contribution < -0.4 is 5.32 Å². The van der Waals surface area contributed by atoms with Gasteiger partial charge in [0.1, 0.15) is 17.4 Å². The van der Waals surface area contributed by atoms with E-state index in [2.05, 4.69) is 10.3 Å². The van der Waals surface area contributed by atoms with E-state index in [9.17, 15) is 14.3 Å².